The van der Waals surface area contributed by atoms with Crippen molar-refractivity contribution in [3.8, 4) is 22.8 Å². The lowest BCUT2D eigenvalue weighted by atomic mass is 9.96. The number of nitrogens with two attached hydrogens (primary N) is 1. The van der Waals surface area contributed by atoms with Gasteiger partial charge in [0.15, 0.2) is 0 Å². The molecule has 0 aliphatic carbocycles. The fourth-order valence-corrected chi connectivity index (χ4v) is 3.55. The van der Waals surface area contributed by atoms with Crippen LogP contribution in [0.25, 0.3) is 16.9 Å². The Bertz CT molecular complexity index is 1110. The van der Waals surface area contributed by atoms with E-state index in [1.807, 2.05) is 35.0 Å². The van der Waals surface area contributed by atoms with E-state index in [9.17, 15) is 4.39 Å². The van der Waals surface area contributed by atoms with Crippen LogP contribution in [0.15, 0.2) is 54.7 Å². The molecule has 7 heteroatoms. The first-order chi connectivity index (χ1) is 13.7. The highest BCUT2D eigenvalue weighted by molar-refractivity contribution is 5.69. The Kier molecular flexibility index (Phi) is 4.11. The predicted octanol–water partition coefficient (Wildman–Crippen LogP) is 3.41. The first-order valence-electron chi connectivity index (χ1n) is 9.26. The molecule has 6 nitrogen and oxygen atoms in total. The highest BCUT2D eigenvalue weighted by atomic mass is 19.1. The van der Waals surface area contributed by atoms with Gasteiger partial charge >= 0.3 is 0 Å². The van der Waals surface area contributed by atoms with Crippen molar-refractivity contribution < 1.29 is 9.13 Å². The van der Waals surface area contributed by atoms with Gasteiger partial charge in [0.2, 0.25) is 0 Å². The third-order valence-corrected chi connectivity index (χ3v) is 5.19. The zero-order chi connectivity index (χ0) is 19.1. The van der Waals surface area contributed by atoms with Gasteiger partial charge in [-0.3, -0.25) is 0 Å². The SMILES string of the molecule is NCc1c(-c2ccc(Oc3ccc(F)cc3)cc2)[nH]c2c(C3CNC3)cnn12. The van der Waals surface area contributed by atoms with Crippen molar-refractivity contribution in [2.24, 2.45) is 5.73 Å². The molecule has 1 aliphatic rings. The number of nitrogens with zero attached hydrogens (tertiary/aromatic N) is 2. The average molecular weight is 377 g/mol. The second-order valence-electron chi connectivity index (χ2n) is 6.95. The summed E-state index contributed by atoms with van der Waals surface area (Å²) < 4.78 is 20.7. The van der Waals surface area contributed by atoms with E-state index in [0.29, 0.717) is 24.0 Å². The molecule has 1 saturated heterocycles. The second-order valence-corrected chi connectivity index (χ2v) is 6.95. The topological polar surface area (TPSA) is 80.4 Å². The number of imidazole rings is 1. The van der Waals surface area contributed by atoms with Crippen LogP contribution in [0.2, 0.25) is 0 Å². The minimum atomic E-state index is -0.286. The molecular formula is C21H20FN5O. The number of aromatic amines is 1. The van der Waals surface area contributed by atoms with Crippen molar-refractivity contribution in [1.29, 1.82) is 0 Å². The number of fused-ring (bicyclic) bond motifs is 1. The Morgan fingerprint density at radius 1 is 1.07 bits per heavy atom. The maximum absolute atomic E-state index is 13.0. The third-order valence-electron chi connectivity index (χ3n) is 5.19. The normalized spacial score (nSPS) is 14.4. The number of benzene rings is 2. The third kappa shape index (κ3) is 2.85. The zero-order valence-corrected chi connectivity index (χ0v) is 15.2. The Hall–Kier alpha value is -3.16. The van der Waals surface area contributed by atoms with Crippen molar-refractivity contribution in [2.75, 3.05) is 13.1 Å². The van der Waals surface area contributed by atoms with Gasteiger partial charge in [0.25, 0.3) is 0 Å². The van der Waals surface area contributed by atoms with E-state index in [-0.39, 0.29) is 5.82 Å². The first kappa shape index (κ1) is 17.0. The van der Waals surface area contributed by atoms with Crippen LogP contribution in [0, 0.1) is 5.82 Å². The van der Waals surface area contributed by atoms with Gasteiger partial charge < -0.3 is 20.8 Å². The monoisotopic (exact) mass is 377 g/mol. The van der Waals surface area contributed by atoms with E-state index in [4.69, 9.17) is 10.5 Å². The van der Waals surface area contributed by atoms with Crippen molar-refractivity contribution in [3.63, 3.8) is 0 Å². The fourth-order valence-electron chi connectivity index (χ4n) is 3.55. The smallest absolute Gasteiger partial charge is 0.137 e. The van der Waals surface area contributed by atoms with Crippen molar-refractivity contribution in [3.05, 3.63) is 71.8 Å². The Balaban J connectivity index is 1.46. The van der Waals surface area contributed by atoms with E-state index in [0.717, 1.165) is 35.7 Å². The lowest BCUT2D eigenvalue weighted by Crippen LogP contribution is -2.39. The summed E-state index contributed by atoms with van der Waals surface area (Å²) in [6.07, 6.45) is 1.93. The van der Waals surface area contributed by atoms with Crippen LogP contribution in [-0.2, 0) is 6.54 Å². The summed E-state index contributed by atoms with van der Waals surface area (Å²) in [6, 6.07) is 13.7. The van der Waals surface area contributed by atoms with E-state index >= 15 is 0 Å². The summed E-state index contributed by atoms with van der Waals surface area (Å²) in [6.45, 7) is 2.33. The van der Waals surface area contributed by atoms with Gasteiger partial charge in [0, 0.05) is 36.7 Å². The Morgan fingerprint density at radius 3 is 2.36 bits per heavy atom. The molecule has 4 aromatic rings. The van der Waals surface area contributed by atoms with Gasteiger partial charge in [-0.05, 0) is 48.5 Å². The van der Waals surface area contributed by atoms with Gasteiger partial charge in [-0.1, -0.05) is 0 Å². The van der Waals surface area contributed by atoms with Gasteiger partial charge in [-0.15, -0.1) is 0 Å². The number of ether oxygens (including phenoxy) is 1. The largest absolute Gasteiger partial charge is 0.457 e. The maximum atomic E-state index is 13.0. The van der Waals surface area contributed by atoms with Crippen LogP contribution in [0.5, 0.6) is 11.5 Å². The van der Waals surface area contributed by atoms with Crippen LogP contribution >= 0.6 is 0 Å². The first-order valence-corrected chi connectivity index (χ1v) is 9.26. The summed E-state index contributed by atoms with van der Waals surface area (Å²) in [5.41, 5.74) is 11.2. The molecule has 0 spiro atoms. The molecule has 0 unspecified atom stereocenters. The number of hydrogen-bond acceptors (Lipinski definition) is 4. The Labute approximate surface area is 161 Å². The fraction of sp³-hybridized carbons (Fsp3) is 0.190. The molecule has 1 fully saturated rings. The van der Waals surface area contributed by atoms with Crippen LogP contribution in [0.3, 0.4) is 0 Å². The molecule has 1 aliphatic heterocycles. The van der Waals surface area contributed by atoms with E-state index in [1.54, 1.807) is 12.1 Å². The minimum Gasteiger partial charge on any atom is -0.457 e. The molecule has 5 rings (SSSR count). The van der Waals surface area contributed by atoms with Crippen molar-refractivity contribution in [1.82, 2.24) is 19.9 Å². The molecular weight excluding hydrogens is 357 g/mol. The Morgan fingerprint density at radius 2 is 1.75 bits per heavy atom. The molecule has 0 bridgehead atoms. The number of nitrogens with one attached hydrogen (secondary N) is 2. The molecule has 28 heavy (non-hydrogen) atoms. The number of hydrogen-bond donors (Lipinski definition) is 3. The van der Waals surface area contributed by atoms with Gasteiger partial charge in [-0.25, -0.2) is 8.91 Å². The van der Waals surface area contributed by atoms with Crippen LogP contribution in [0.4, 0.5) is 4.39 Å². The highest BCUT2D eigenvalue weighted by Crippen LogP contribution is 2.31. The van der Waals surface area contributed by atoms with E-state index in [1.165, 1.54) is 17.7 Å². The minimum absolute atomic E-state index is 0.286. The maximum Gasteiger partial charge on any atom is 0.137 e. The van der Waals surface area contributed by atoms with Crippen molar-refractivity contribution in [2.45, 2.75) is 12.5 Å². The lowest BCUT2D eigenvalue weighted by molar-refractivity contribution is 0.450. The molecule has 0 atom stereocenters. The quantitative estimate of drug-likeness (QED) is 0.498. The van der Waals surface area contributed by atoms with E-state index < -0.39 is 0 Å². The molecule has 2 aromatic heterocycles. The average Bonchev–Trinajstić information content (AvgIpc) is 3.23. The van der Waals surface area contributed by atoms with Crippen LogP contribution < -0.4 is 15.8 Å². The van der Waals surface area contributed by atoms with Gasteiger partial charge in [0.05, 0.1) is 17.6 Å². The summed E-state index contributed by atoms with van der Waals surface area (Å²) >= 11 is 0. The molecule has 0 radical (unpaired) electrons. The van der Waals surface area contributed by atoms with Gasteiger partial charge in [0.1, 0.15) is 23.0 Å². The predicted molar refractivity (Wildman–Crippen MR) is 105 cm³/mol. The molecule has 4 N–H and O–H groups in total. The number of H-pyrrole nitrogens is 1. The summed E-state index contributed by atoms with van der Waals surface area (Å²) in [7, 11) is 0. The molecule has 0 amide bonds. The molecule has 3 heterocycles. The number of halogens is 1. The number of aromatic nitrogens is 3. The van der Waals surface area contributed by atoms with Crippen LogP contribution in [-0.4, -0.2) is 27.7 Å². The summed E-state index contributed by atoms with van der Waals surface area (Å²) in [5, 5.41) is 7.84. The standard InChI is InChI=1S/C21H20FN5O/c22-15-3-7-17(8-4-15)28-16-5-1-13(2-6-16)20-19(9-23)27-21(26-20)18(12-25-27)14-10-24-11-14/h1-8,12,14,24,26H,9-11,23H2. The number of rotatable bonds is 5. The lowest BCUT2D eigenvalue weighted by Gasteiger charge is -2.25. The molecule has 2 aromatic carbocycles. The summed E-state index contributed by atoms with van der Waals surface area (Å²) in [4.78, 5) is 3.51. The van der Waals surface area contributed by atoms with Gasteiger partial charge in [-0.2, -0.15) is 5.10 Å². The highest BCUT2D eigenvalue weighted by Gasteiger charge is 2.25. The van der Waals surface area contributed by atoms with Crippen LogP contribution in [0.1, 0.15) is 17.2 Å². The second kappa shape index (κ2) is 6.78. The molecule has 142 valence electrons. The summed E-state index contributed by atoms with van der Waals surface area (Å²) in [5.74, 6) is 1.48. The van der Waals surface area contributed by atoms with Crippen molar-refractivity contribution >= 4 is 5.65 Å². The zero-order valence-electron chi connectivity index (χ0n) is 15.2. The molecule has 0 saturated carbocycles. The van der Waals surface area contributed by atoms with E-state index in [2.05, 4.69) is 15.4 Å².